The van der Waals surface area contributed by atoms with E-state index in [2.05, 4.69) is 10.3 Å². The highest BCUT2D eigenvalue weighted by Crippen LogP contribution is 2.23. The number of ether oxygens (including phenoxy) is 2. The number of nitrogens with zero attached hydrogens (tertiary/aromatic N) is 2. The number of pyridine rings is 1. The molecule has 0 saturated carbocycles. The van der Waals surface area contributed by atoms with Gasteiger partial charge >= 0.3 is 6.03 Å². The maximum Gasteiger partial charge on any atom is 0.322 e. The second-order valence-electron chi connectivity index (χ2n) is 5.07. The molecule has 0 aromatic carbocycles. The van der Waals surface area contributed by atoms with Crippen LogP contribution in [-0.2, 0) is 4.74 Å². The van der Waals surface area contributed by atoms with Crippen molar-refractivity contribution in [3.05, 3.63) is 18.3 Å². The first kappa shape index (κ1) is 15.5. The highest BCUT2D eigenvalue weighted by Gasteiger charge is 2.31. The Hall–Kier alpha value is -1.86. The number of hydrogen-bond donors (Lipinski definition) is 2. The molecule has 7 heteroatoms. The summed E-state index contributed by atoms with van der Waals surface area (Å²) in [6, 6.07) is 3.29. The van der Waals surface area contributed by atoms with E-state index in [4.69, 9.17) is 14.6 Å². The van der Waals surface area contributed by atoms with Crippen LogP contribution in [0.25, 0.3) is 0 Å². The molecular weight excluding hydrogens is 274 g/mol. The lowest BCUT2D eigenvalue weighted by atomic mass is 10.2. The molecule has 1 aromatic rings. The van der Waals surface area contributed by atoms with Gasteiger partial charge < -0.3 is 24.8 Å². The van der Waals surface area contributed by atoms with Gasteiger partial charge in [0, 0.05) is 6.20 Å². The summed E-state index contributed by atoms with van der Waals surface area (Å²) in [5.41, 5.74) is 0.552. The summed E-state index contributed by atoms with van der Waals surface area (Å²) in [6.45, 7) is 5.14. The normalized spacial score (nSPS) is 15.0. The molecule has 2 amide bonds. The van der Waals surface area contributed by atoms with E-state index in [1.807, 2.05) is 13.8 Å². The zero-order chi connectivity index (χ0) is 15.2. The molecule has 2 rings (SSSR count). The number of amides is 2. The van der Waals surface area contributed by atoms with E-state index in [0.717, 1.165) is 0 Å². The average Bonchev–Trinajstić information content (AvgIpc) is 2.39. The van der Waals surface area contributed by atoms with Crippen LogP contribution in [0.3, 0.4) is 0 Å². The summed E-state index contributed by atoms with van der Waals surface area (Å²) in [7, 11) is 0. The summed E-state index contributed by atoms with van der Waals surface area (Å²) < 4.78 is 10.9. The molecule has 2 heterocycles. The highest BCUT2D eigenvalue weighted by atomic mass is 16.5. The number of carbonyl (C=O) groups excluding carboxylic acids is 1. The first-order chi connectivity index (χ1) is 10.1. The fourth-order valence-electron chi connectivity index (χ4n) is 1.93. The van der Waals surface area contributed by atoms with E-state index in [-0.39, 0.29) is 24.8 Å². The number of likely N-dealkylation sites (tertiary alicyclic amines) is 1. The number of nitrogens with one attached hydrogen (secondary N) is 1. The molecule has 1 aromatic heterocycles. The van der Waals surface area contributed by atoms with Crippen molar-refractivity contribution >= 4 is 11.7 Å². The van der Waals surface area contributed by atoms with Crippen molar-refractivity contribution in [3.63, 3.8) is 0 Å². The molecule has 1 fully saturated rings. The zero-order valence-electron chi connectivity index (χ0n) is 12.3. The maximum absolute atomic E-state index is 12.1. The Labute approximate surface area is 123 Å². The van der Waals surface area contributed by atoms with Gasteiger partial charge in [-0.1, -0.05) is 0 Å². The number of carbonyl (C=O) groups is 1. The Morgan fingerprint density at radius 1 is 1.57 bits per heavy atom. The van der Waals surface area contributed by atoms with Crippen molar-refractivity contribution in [2.75, 3.05) is 31.6 Å². The number of rotatable bonds is 6. The van der Waals surface area contributed by atoms with E-state index in [9.17, 15) is 4.79 Å². The zero-order valence-corrected chi connectivity index (χ0v) is 12.3. The number of aliphatic hydroxyl groups is 1. The van der Waals surface area contributed by atoms with E-state index >= 15 is 0 Å². The van der Waals surface area contributed by atoms with E-state index < -0.39 is 0 Å². The van der Waals surface area contributed by atoms with Crippen LogP contribution < -0.4 is 10.1 Å². The molecule has 0 atom stereocenters. The minimum atomic E-state index is -0.208. The Morgan fingerprint density at radius 2 is 2.33 bits per heavy atom. The number of aromatic nitrogens is 1. The molecule has 7 nitrogen and oxygen atoms in total. The fraction of sp³-hybridized carbons (Fsp3) is 0.571. The molecule has 21 heavy (non-hydrogen) atoms. The van der Waals surface area contributed by atoms with E-state index in [0.29, 0.717) is 31.3 Å². The van der Waals surface area contributed by atoms with Gasteiger partial charge in [0.05, 0.1) is 38.5 Å². The first-order valence-corrected chi connectivity index (χ1v) is 7.00. The molecule has 0 spiro atoms. The standard InChI is InChI=1S/C14H21N3O4/c1-10(2)21-13-12(4-3-5-15-13)16-14(19)17-8-11(9-17)20-7-6-18/h3-5,10-11,18H,6-9H2,1-2H3,(H,16,19). The SMILES string of the molecule is CC(C)Oc1ncccc1NC(=O)N1CC(OCCO)C1. The Morgan fingerprint density at radius 3 is 3.00 bits per heavy atom. The van der Waals surface area contributed by atoms with Crippen LogP contribution in [0.15, 0.2) is 18.3 Å². The average molecular weight is 295 g/mol. The predicted molar refractivity (Wildman–Crippen MR) is 77.4 cm³/mol. The molecule has 0 unspecified atom stereocenters. The van der Waals surface area contributed by atoms with Gasteiger partial charge in [-0.2, -0.15) is 0 Å². The van der Waals surface area contributed by atoms with Crippen molar-refractivity contribution < 1.29 is 19.4 Å². The van der Waals surface area contributed by atoms with Crippen LogP contribution in [-0.4, -0.2) is 59.5 Å². The van der Waals surface area contributed by atoms with Crippen molar-refractivity contribution in [1.29, 1.82) is 0 Å². The highest BCUT2D eigenvalue weighted by molar-refractivity contribution is 5.91. The number of anilines is 1. The van der Waals surface area contributed by atoms with Crippen LogP contribution >= 0.6 is 0 Å². The second-order valence-corrected chi connectivity index (χ2v) is 5.07. The van der Waals surface area contributed by atoms with Gasteiger partial charge in [-0.05, 0) is 26.0 Å². The van der Waals surface area contributed by atoms with E-state index in [1.54, 1.807) is 23.2 Å². The van der Waals surface area contributed by atoms with Crippen LogP contribution in [0.1, 0.15) is 13.8 Å². The molecule has 2 N–H and O–H groups in total. The quantitative estimate of drug-likeness (QED) is 0.821. The third kappa shape index (κ3) is 4.30. The number of hydrogen-bond acceptors (Lipinski definition) is 5. The summed E-state index contributed by atoms with van der Waals surface area (Å²) in [4.78, 5) is 17.8. The van der Waals surface area contributed by atoms with Crippen molar-refractivity contribution in [2.24, 2.45) is 0 Å². The molecule has 0 bridgehead atoms. The molecule has 116 valence electrons. The molecule has 1 saturated heterocycles. The van der Waals surface area contributed by atoms with Crippen LogP contribution in [0.2, 0.25) is 0 Å². The Kier molecular flexibility index (Phi) is 5.35. The predicted octanol–water partition coefficient (Wildman–Crippen LogP) is 1.09. The summed E-state index contributed by atoms with van der Waals surface area (Å²) in [5, 5.41) is 11.5. The summed E-state index contributed by atoms with van der Waals surface area (Å²) in [5.74, 6) is 0.412. The lowest BCUT2D eigenvalue weighted by Gasteiger charge is -2.38. The fourth-order valence-corrected chi connectivity index (χ4v) is 1.93. The molecule has 1 aliphatic rings. The first-order valence-electron chi connectivity index (χ1n) is 7.00. The lowest BCUT2D eigenvalue weighted by molar-refractivity contribution is -0.0440. The second kappa shape index (κ2) is 7.24. The topological polar surface area (TPSA) is 83.9 Å². The smallest absolute Gasteiger partial charge is 0.322 e. The third-order valence-electron chi connectivity index (χ3n) is 2.94. The molecule has 1 aliphatic heterocycles. The van der Waals surface area contributed by atoms with Crippen molar-refractivity contribution in [1.82, 2.24) is 9.88 Å². The minimum Gasteiger partial charge on any atom is -0.473 e. The van der Waals surface area contributed by atoms with Crippen LogP contribution in [0, 0.1) is 0 Å². The molecule has 0 radical (unpaired) electrons. The van der Waals surface area contributed by atoms with Gasteiger partial charge in [-0.15, -0.1) is 0 Å². The Bertz CT molecular complexity index is 475. The van der Waals surface area contributed by atoms with Crippen LogP contribution in [0.4, 0.5) is 10.5 Å². The van der Waals surface area contributed by atoms with Gasteiger partial charge in [0.25, 0.3) is 0 Å². The monoisotopic (exact) mass is 295 g/mol. The summed E-state index contributed by atoms with van der Waals surface area (Å²) >= 11 is 0. The number of aliphatic hydroxyl groups excluding tert-OH is 1. The maximum atomic E-state index is 12.1. The van der Waals surface area contributed by atoms with Crippen LogP contribution in [0.5, 0.6) is 5.88 Å². The van der Waals surface area contributed by atoms with Gasteiger partial charge in [-0.3, -0.25) is 0 Å². The van der Waals surface area contributed by atoms with Crippen molar-refractivity contribution in [3.8, 4) is 5.88 Å². The summed E-state index contributed by atoms with van der Waals surface area (Å²) in [6.07, 6.45) is 1.61. The van der Waals surface area contributed by atoms with Gasteiger partial charge in [0.2, 0.25) is 5.88 Å². The number of urea groups is 1. The van der Waals surface area contributed by atoms with Gasteiger partial charge in [-0.25, -0.2) is 9.78 Å². The van der Waals surface area contributed by atoms with Gasteiger partial charge in [0.1, 0.15) is 5.69 Å². The molecular formula is C14H21N3O4. The van der Waals surface area contributed by atoms with Gasteiger partial charge in [0.15, 0.2) is 0 Å². The largest absolute Gasteiger partial charge is 0.473 e. The van der Waals surface area contributed by atoms with E-state index in [1.165, 1.54) is 0 Å². The Balaban J connectivity index is 1.86. The molecule has 0 aliphatic carbocycles. The minimum absolute atomic E-state index is 0.00295. The third-order valence-corrected chi connectivity index (χ3v) is 2.94. The lowest BCUT2D eigenvalue weighted by Crippen LogP contribution is -2.56. The van der Waals surface area contributed by atoms with Crippen molar-refractivity contribution in [2.45, 2.75) is 26.1 Å².